The molecule has 0 unspecified atom stereocenters. The van der Waals surface area contributed by atoms with Crippen molar-refractivity contribution in [2.24, 2.45) is 21.2 Å². The van der Waals surface area contributed by atoms with Crippen molar-refractivity contribution in [2.45, 2.75) is 0 Å². The van der Waals surface area contributed by atoms with E-state index in [0.717, 1.165) is 9.13 Å². The average molecular weight is 368 g/mol. The number of para-hydroxylation sites is 1. The first-order chi connectivity index (χ1) is 9.22. The highest BCUT2D eigenvalue weighted by Gasteiger charge is 2.08. The van der Waals surface area contributed by atoms with Crippen LogP contribution in [0.15, 0.2) is 63.9 Å². The first-order valence-corrected chi connectivity index (χ1v) is 6.49. The molecule has 0 spiro atoms. The van der Waals surface area contributed by atoms with Crippen molar-refractivity contribution >= 4 is 34.1 Å². The number of amidine groups is 1. The number of halogens is 2. The van der Waals surface area contributed by atoms with Crippen LogP contribution in [0.25, 0.3) is 0 Å². The number of hydrogen-bond acceptors (Lipinski definition) is 2. The fourth-order valence-electron chi connectivity index (χ4n) is 1.49. The Labute approximate surface area is 123 Å². The topological polar surface area (TPSA) is 63.1 Å². The second kappa shape index (κ2) is 6.37. The Hall–Kier alpha value is -1.83. The molecule has 0 bridgehead atoms. The predicted molar refractivity (Wildman–Crippen MR) is 80.8 cm³/mol. The monoisotopic (exact) mass is 368 g/mol. The minimum Gasteiger partial charge on any atom is -0.305 e. The number of nitrogens with two attached hydrogens (primary N) is 1. The van der Waals surface area contributed by atoms with E-state index < -0.39 is 5.82 Å². The van der Waals surface area contributed by atoms with Crippen molar-refractivity contribution in [2.75, 3.05) is 0 Å². The third kappa shape index (κ3) is 3.34. The molecule has 0 aromatic heterocycles. The Morgan fingerprint density at radius 3 is 2.42 bits per heavy atom. The van der Waals surface area contributed by atoms with Gasteiger partial charge in [0.15, 0.2) is 5.84 Å². The zero-order chi connectivity index (χ0) is 13.7. The van der Waals surface area contributed by atoms with E-state index >= 15 is 0 Å². The van der Waals surface area contributed by atoms with Crippen LogP contribution in [0.2, 0.25) is 0 Å². The molecule has 0 aliphatic heterocycles. The molecule has 0 aliphatic carbocycles. The van der Waals surface area contributed by atoms with Crippen LogP contribution in [0.4, 0.5) is 10.1 Å². The van der Waals surface area contributed by atoms with Gasteiger partial charge in [-0.1, -0.05) is 35.6 Å². The van der Waals surface area contributed by atoms with Gasteiger partial charge in [-0.2, -0.15) is 0 Å². The summed E-state index contributed by atoms with van der Waals surface area (Å²) in [5.41, 5.74) is 0.949. The maximum atomic E-state index is 13.6. The van der Waals surface area contributed by atoms with Crippen molar-refractivity contribution in [3.63, 3.8) is 0 Å². The van der Waals surface area contributed by atoms with Crippen molar-refractivity contribution < 1.29 is 4.39 Å². The lowest BCUT2D eigenvalue weighted by atomic mass is 10.2. The van der Waals surface area contributed by atoms with Gasteiger partial charge in [-0.3, -0.25) is 0 Å². The molecule has 4 nitrogen and oxygen atoms in total. The van der Waals surface area contributed by atoms with Gasteiger partial charge in [0.2, 0.25) is 0 Å². The number of nitrogens with zero attached hydrogens (tertiary/aromatic N) is 3. The Bertz CT molecular complexity index is 640. The summed E-state index contributed by atoms with van der Waals surface area (Å²) in [4.78, 5) is 4.18. The summed E-state index contributed by atoms with van der Waals surface area (Å²) in [5, 5.41) is 7.02. The van der Waals surface area contributed by atoms with E-state index in [-0.39, 0.29) is 11.5 Å². The fourth-order valence-corrected chi connectivity index (χ4v) is 2.12. The lowest BCUT2D eigenvalue weighted by Gasteiger charge is -2.03. The van der Waals surface area contributed by atoms with Crippen molar-refractivity contribution in [1.82, 2.24) is 0 Å². The SMILES string of the molecule is NN=NC(=Nc1ccccc1F)c1ccccc1I. The van der Waals surface area contributed by atoms with Gasteiger partial charge in [0.05, 0.1) is 0 Å². The van der Waals surface area contributed by atoms with Crippen molar-refractivity contribution in [3.8, 4) is 0 Å². The minimum atomic E-state index is -0.418. The van der Waals surface area contributed by atoms with E-state index in [4.69, 9.17) is 5.84 Å². The first kappa shape index (κ1) is 13.6. The van der Waals surface area contributed by atoms with E-state index in [9.17, 15) is 4.39 Å². The van der Waals surface area contributed by atoms with Gasteiger partial charge >= 0.3 is 0 Å². The molecule has 0 atom stereocenters. The maximum Gasteiger partial charge on any atom is 0.185 e. The molecular weight excluding hydrogens is 358 g/mol. The van der Waals surface area contributed by atoms with Crippen LogP contribution in [-0.4, -0.2) is 5.84 Å². The number of hydrogen-bond donors (Lipinski definition) is 1. The minimum absolute atomic E-state index is 0.199. The zero-order valence-corrected chi connectivity index (χ0v) is 12.0. The summed E-state index contributed by atoms with van der Waals surface area (Å²) in [6.45, 7) is 0. The highest BCUT2D eigenvalue weighted by molar-refractivity contribution is 14.1. The Morgan fingerprint density at radius 1 is 1.05 bits per heavy atom. The summed E-state index contributed by atoms with van der Waals surface area (Å²) < 4.78 is 14.5. The van der Waals surface area contributed by atoms with Crippen LogP contribution in [0.3, 0.4) is 0 Å². The smallest absolute Gasteiger partial charge is 0.185 e. The highest BCUT2D eigenvalue weighted by atomic mass is 127. The van der Waals surface area contributed by atoms with E-state index in [1.807, 2.05) is 24.3 Å². The predicted octanol–water partition coefficient (Wildman–Crippen LogP) is 3.83. The summed E-state index contributed by atoms with van der Waals surface area (Å²) in [6.07, 6.45) is 0. The number of aliphatic imine (C=N–C) groups is 1. The van der Waals surface area contributed by atoms with Gasteiger partial charge < -0.3 is 5.84 Å². The lowest BCUT2D eigenvalue weighted by molar-refractivity contribution is 0.630. The maximum absolute atomic E-state index is 13.6. The Morgan fingerprint density at radius 2 is 1.74 bits per heavy atom. The van der Waals surface area contributed by atoms with Gasteiger partial charge in [-0.05, 0) is 40.8 Å². The van der Waals surface area contributed by atoms with Gasteiger partial charge in [-0.15, -0.1) is 5.11 Å². The molecule has 0 radical (unpaired) electrons. The molecule has 0 amide bonds. The third-order valence-electron chi connectivity index (χ3n) is 2.35. The van der Waals surface area contributed by atoms with Crippen LogP contribution in [0.1, 0.15) is 5.56 Å². The molecule has 2 rings (SSSR count). The molecular formula is C13H10FIN4. The molecule has 6 heteroatoms. The van der Waals surface area contributed by atoms with Gasteiger partial charge in [-0.25, -0.2) is 9.38 Å². The van der Waals surface area contributed by atoms with Crippen LogP contribution in [0, 0.1) is 9.39 Å². The van der Waals surface area contributed by atoms with Gasteiger partial charge in [0.25, 0.3) is 0 Å². The summed E-state index contributed by atoms with van der Waals surface area (Å²) >= 11 is 2.15. The Balaban J connectivity index is 2.53. The zero-order valence-electron chi connectivity index (χ0n) is 9.79. The van der Waals surface area contributed by atoms with E-state index in [2.05, 4.69) is 37.9 Å². The second-order valence-electron chi connectivity index (χ2n) is 3.58. The third-order valence-corrected chi connectivity index (χ3v) is 3.29. The van der Waals surface area contributed by atoms with Gasteiger partial charge in [0, 0.05) is 9.13 Å². The molecule has 0 heterocycles. The molecule has 96 valence electrons. The average Bonchev–Trinajstić information content (AvgIpc) is 2.41. The largest absolute Gasteiger partial charge is 0.305 e. The van der Waals surface area contributed by atoms with Gasteiger partial charge in [0.1, 0.15) is 11.5 Å². The van der Waals surface area contributed by atoms with E-state index in [0.29, 0.717) is 0 Å². The molecule has 19 heavy (non-hydrogen) atoms. The Kier molecular flexibility index (Phi) is 4.56. The normalized spacial score (nSPS) is 12.0. The fraction of sp³-hybridized carbons (Fsp3) is 0. The van der Waals surface area contributed by atoms with Crippen molar-refractivity contribution in [3.05, 3.63) is 63.5 Å². The molecule has 0 aliphatic rings. The van der Waals surface area contributed by atoms with Crippen molar-refractivity contribution in [1.29, 1.82) is 0 Å². The second-order valence-corrected chi connectivity index (χ2v) is 4.74. The molecule has 2 aromatic rings. The molecule has 0 saturated carbocycles. The first-order valence-electron chi connectivity index (χ1n) is 5.41. The summed E-state index contributed by atoms with van der Waals surface area (Å²) in [5.74, 6) is 4.95. The van der Waals surface area contributed by atoms with Crippen LogP contribution in [0.5, 0.6) is 0 Å². The van der Waals surface area contributed by atoms with E-state index in [1.54, 1.807) is 18.2 Å². The lowest BCUT2D eigenvalue weighted by Crippen LogP contribution is -2.00. The van der Waals surface area contributed by atoms with Crippen LogP contribution in [-0.2, 0) is 0 Å². The summed E-state index contributed by atoms with van der Waals surface area (Å²) in [6, 6.07) is 13.7. The quantitative estimate of drug-likeness (QED) is 0.215. The summed E-state index contributed by atoms with van der Waals surface area (Å²) in [7, 11) is 0. The number of rotatable bonds is 2. The van der Waals surface area contributed by atoms with E-state index in [1.165, 1.54) is 6.07 Å². The van der Waals surface area contributed by atoms with Crippen LogP contribution < -0.4 is 5.84 Å². The van der Waals surface area contributed by atoms with Crippen LogP contribution >= 0.6 is 22.6 Å². The molecule has 0 saturated heterocycles. The molecule has 2 aromatic carbocycles. The molecule has 0 fully saturated rings. The number of benzene rings is 2. The standard InChI is InChI=1S/C13H10FIN4/c14-10-6-2-4-8-12(10)17-13(18-19-16)9-5-1-3-7-11(9)15/h1-8H,(H2,16,17,18). The molecule has 2 N–H and O–H groups in total. The highest BCUT2D eigenvalue weighted by Crippen LogP contribution is 2.20.